The summed E-state index contributed by atoms with van der Waals surface area (Å²) in [6, 6.07) is 12.5. The predicted molar refractivity (Wildman–Crippen MR) is 67.5 cm³/mol. The predicted octanol–water partition coefficient (Wildman–Crippen LogP) is 3.32. The summed E-state index contributed by atoms with van der Waals surface area (Å²) in [4.78, 5) is 0. The number of hydrogen-bond acceptors (Lipinski definition) is 1. The van der Waals surface area contributed by atoms with Gasteiger partial charge in [-0.2, -0.15) is 0 Å². The SMILES string of the molecule is CC1(C)CC1NC1CC(c2ccccc2)C1. The Morgan fingerprint density at radius 3 is 2.31 bits per heavy atom. The Bertz CT molecular complexity index is 362. The molecule has 0 aromatic heterocycles. The summed E-state index contributed by atoms with van der Waals surface area (Å²) < 4.78 is 0. The summed E-state index contributed by atoms with van der Waals surface area (Å²) in [6.07, 6.45) is 4.02. The first-order valence-electron chi connectivity index (χ1n) is 6.46. The summed E-state index contributed by atoms with van der Waals surface area (Å²) in [5, 5.41) is 3.78. The van der Waals surface area contributed by atoms with Gasteiger partial charge in [-0.1, -0.05) is 44.2 Å². The molecule has 16 heavy (non-hydrogen) atoms. The number of hydrogen-bond donors (Lipinski definition) is 1. The summed E-state index contributed by atoms with van der Waals surface area (Å²) in [5.41, 5.74) is 2.09. The van der Waals surface area contributed by atoms with Gasteiger partial charge in [0.05, 0.1) is 0 Å². The van der Waals surface area contributed by atoms with Crippen molar-refractivity contribution in [2.45, 2.75) is 51.1 Å². The highest BCUT2D eigenvalue weighted by Crippen LogP contribution is 2.47. The zero-order valence-electron chi connectivity index (χ0n) is 10.2. The summed E-state index contributed by atoms with van der Waals surface area (Å²) in [6.45, 7) is 4.72. The van der Waals surface area contributed by atoms with Crippen molar-refractivity contribution in [2.75, 3.05) is 0 Å². The molecular formula is C15H21N. The van der Waals surface area contributed by atoms with Gasteiger partial charge in [-0.05, 0) is 36.2 Å². The molecule has 0 radical (unpaired) electrons. The smallest absolute Gasteiger partial charge is 0.0127 e. The van der Waals surface area contributed by atoms with Gasteiger partial charge in [-0.3, -0.25) is 0 Å². The molecule has 1 aromatic rings. The highest BCUT2D eigenvalue weighted by atomic mass is 15.0. The quantitative estimate of drug-likeness (QED) is 0.815. The van der Waals surface area contributed by atoms with Crippen molar-refractivity contribution in [2.24, 2.45) is 5.41 Å². The van der Waals surface area contributed by atoms with Crippen molar-refractivity contribution in [1.29, 1.82) is 0 Å². The first kappa shape index (κ1) is 10.3. The standard InChI is InChI=1S/C15H21N/c1-15(2)10-14(15)16-13-8-12(9-13)11-6-4-3-5-7-11/h3-7,12-14,16H,8-10H2,1-2H3. The fourth-order valence-electron chi connectivity index (χ4n) is 2.79. The number of benzene rings is 1. The van der Waals surface area contributed by atoms with E-state index < -0.39 is 0 Å². The third-order valence-corrected chi connectivity index (χ3v) is 4.36. The van der Waals surface area contributed by atoms with E-state index in [4.69, 9.17) is 0 Å². The summed E-state index contributed by atoms with van der Waals surface area (Å²) in [7, 11) is 0. The van der Waals surface area contributed by atoms with Crippen LogP contribution < -0.4 is 5.32 Å². The van der Waals surface area contributed by atoms with Gasteiger partial charge in [0.15, 0.2) is 0 Å². The molecule has 1 unspecified atom stereocenters. The largest absolute Gasteiger partial charge is 0.311 e. The van der Waals surface area contributed by atoms with Gasteiger partial charge >= 0.3 is 0 Å². The van der Waals surface area contributed by atoms with Gasteiger partial charge in [0.1, 0.15) is 0 Å². The molecule has 0 saturated heterocycles. The Labute approximate surface area is 98.3 Å². The van der Waals surface area contributed by atoms with Gasteiger partial charge in [0.25, 0.3) is 0 Å². The van der Waals surface area contributed by atoms with E-state index in [9.17, 15) is 0 Å². The molecule has 0 heterocycles. The maximum absolute atomic E-state index is 3.78. The monoisotopic (exact) mass is 215 g/mol. The highest BCUT2D eigenvalue weighted by Gasteiger charge is 2.47. The first-order chi connectivity index (χ1) is 7.65. The van der Waals surface area contributed by atoms with Gasteiger partial charge in [0, 0.05) is 12.1 Å². The molecule has 2 saturated carbocycles. The fourth-order valence-corrected chi connectivity index (χ4v) is 2.79. The Kier molecular flexibility index (Phi) is 2.32. The molecule has 1 heteroatoms. The molecule has 2 aliphatic rings. The minimum Gasteiger partial charge on any atom is -0.311 e. The lowest BCUT2D eigenvalue weighted by molar-refractivity contribution is 0.279. The Morgan fingerprint density at radius 1 is 1.12 bits per heavy atom. The average molecular weight is 215 g/mol. The lowest BCUT2D eigenvalue weighted by atomic mass is 9.76. The van der Waals surface area contributed by atoms with Gasteiger partial charge in [0.2, 0.25) is 0 Å². The minimum atomic E-state index is 0.567. The lowest BCUT2D eigenvalue weighted by Gasteiger charge is -2.37. The first-order valence-corrected chi connectivity index (χ1v) is 6.46. The third kappa shape index (κ3) is 1.89. The van der Waals surface area contributed by atoms with Crippen molar-refractivity contribution in [3.63, 3.8) is 0 Å². The molecule has 1 atom stereocenters. The van der Waals surface area contributed by atoms with Gasteiger partial charge < -0.3 is 5.32 Å². The van der Waals surface area contributed by atoms with Crippen LogP contribution in [-0.4, -0.2) is 12.1 Å². The maximum Gasteiger partial charge on any atom is 0.0127 e. The van der Waals surface area contributed by atoms with E-state index in [-0.39, 0.29) is 0 Å². The van der Waals surface area contributed by atoms with Crippen LogP contribution >= 0.6 is 0 Å². The topological polar surface area (TPSA) is 12.0 Å². The van der Waals surface area contributed by atoms with Crippen molar-refractivity contribution >= 4 is 0 Å². The third-order valence-electron chi connectivity index (χ3n) is 4.36. The molecule has 0 amide bonds. The molecule has 1 aromatic carbocycles. The van der Waals surface area contributed by atoms with Crippen molar-refractivity contribution in [1.82, 2.24) is 5.32 Å². The van der Waals surface area contributed by atoms with E-state index >= 15 is 0 Å². The van der Waals surface area contributed by atoms with Crippen LogP contribution in [0, 0.1) is 5.41 Å². The van der Waals surface area contributed by atoms with E-state index in [1.165, 1.54) is 24.8 Å². The Morgan fingerprint density at radius 2 is 1.75 bits per heavy atom. The molecule has 3 rings (SSSR count). The van der Waals surface area contributed by atoms with Crippen LogP contribution in [0.25, 0.3) is 0 Å². The van der Waals surface area contributed by atoms with Crippen LogP contribution in [0.15, 0.2) is 30.3 Å². The van der Waals surface area contributed by atoms with Crippen LogP contribution in [0.3, 0.4) is 0 Å². The van der Waals surface area contributed by atoms with E-state index in [1.807, 2.05) is 0 Å². The molecule has 0 aliphatic heterocycles. The van der Waals surface area contributed by atoms with Crippen molar-refractivity contribution < 1.29 is 0 Å². The molecule has 86 valence electrons. The molecule has 0 bridgehead atoms. The second-order valence-corrected chi connectivity index (χ2v) is 6.19. The van der Waals surface area contributed by atoms with Gasteiger partial charge in [-0.25, -0.2) is 0 Å². The zero-order chi connectivity index (χ0) is 11.2. The highest BCUT2D eigenvalue weighted by molar-refractivity contribution is 5.23. The summed E-state index contributed by atoms with van der Waals surface area (Å²) >= 11 is 0. The Hall–Kier alpha value is -0.820. The second-order valence-electron chi connectivity index (χ2n) is 6.19. The van der Waals surface area contributed by atoms with Gasteiger partial charge in [-0.15, -0.1) is 0 Å². The number of nitrogens with one attached hydrogen (secondary N) is 1. The van der Waals surface area contributed by atoms with Crippen molar-refractivity contribution in [3.05, 3.63) is 35.9 Å². The summed E-state index contributed by atoms with van der Waals surface area (Å²) in [5.74, 6) is 0.806. The molecule has 2 aliphatic carbocycles. The van der Waals surface area contributed by atoms with E-state index in [2.05, 4.69) is 49.5 Å². The fraction of sp³-hybridized carbons (Fsp3) is 0.600. The van der Waals surface area contributed by atoms with Crippen LogP contribution in [0.4, 0.5) is 0 Å². The minimum absolute atomic E-state index is 0.567. The lowest BCUT2D eigenvalue weighted by Crippen LogP contribution is -2.42. The van der Waals surface area contributed by atoms with Crippen LogP contribution in [0.5, 0.6) is 0 Å². The van der Waals surface area contributed by atoms with Crippen molar-refractivity contribution in [3.8, 4) is 0 Å². The van der Waals surface area contributed by atoms with Crippen LogP contribution in [-0.2, 0) is 0 Å². The van der Waals surface area contributed by atoms with Crippen LogP contribution in [0.2, 0.25) is 0 Å². The zero-order valence-corrected chi connectivity index (χ0v) is 10.2. The van der Waals surface area contributed by atoms with E-state index in [0.717, 1.165) is 18.0 Å². The normalized spacial score (nSPS) is 35.5. The molecular weight excluding hydrogens is 194 g/mol. The van der Waals surface area contributed by atoms with Crippen LogP contribution in [0.1, 0.15) is 44.6 Å². The molecule has 0 spiro atoms. The average Bonchev–Trinajstić information content (AvgIpc) is 2.81. The maximum atomic E-state index is 3.78. The molecule has 1 N–H and O–H groups in total. The molecule has 2 fully saturated rings. The van der Waals surface area contributed by atoms with E-state index in [0.29, 0.717) is 5.41 Å². The van der Waals surface area contributed by atoms with E-state index in [1.54, 1.807) is 0 Å². The second kappa shape index (κ2) is 3.59. The number of rotatable bonds is 3. The molecule has 1 nitrogen and oxygen atoms in total. The Balaban J connectivity index is 1.49.